The van der Waals surface area contributed by atoms with Crippen LogP contribution in [0.15, 0.2) is 0 Å². The lowest BCUT2D eigenvalue weighted by molar-refractivity contribution is 0.206. The quantitative estimate of drug-likeness (QED) is 0.539. The molecule has 0 fully saturated rings. The van der Waals surface area contributed by atoms with Crippen LogP contribution in [0.5, 0.6) is 0 Å². The summed E-state index contributed by atoms with van der Waals surface area (Å²) in [7, 11) is 1.68. The molecule has 0 aliphatic rings. The molecule has 0 aromatic heterocycles. The average molecular weight is 142 g/mol. The molecule has 2 nitrogen and oxygen atoms in total. The zero-order chi connectivity index (χ0) is 8.04. The molecule has 0 saturated heterocycles. The summed E-state index contributed by atoms with van der Waals surface area (Å²) in [6.07, 6.45) is 0.785. The first-order chi connectivity index (χ1) is 4.56. The van der Waals surface area contributed by atoms with Crippen molar-refractivity contribution in [3.8, 4) is 6.07 Å². The highest BCUT2D eigenvalue weighted by molar-refractivity contribution is 4.96. The van der Waals surface area contributed by atoms with Crippen LogP contribution in [0, 0.1) is 6.07 Å². The van der Waals surface area contributed by atoms with Crippen LogP contribution in [0.2, 0.25) is 0 Å². The van der Waals surface area contributed by atoms with Crippen LogP contribution in [0.4, 0.5) is 0 Å². The molecular formula is C8H16NO+. The van der Waals surface area contributed by atoms with Crippen LogP contribution in [0.1, 0.15) is 27.2 Å². The summed E-state index contributed by atoms with van der Waals surface area (Å²) >= 11 is 0. The van der Waals surface area contributed by atoms with E-state index in [1.54, 1.807) is 7.11 Å². The molecule has 0 bridgehead atoms. The summed E-state index contributed by atoms with van der Waals surface area (Å²) in [6.45, 7) is 6.85. The van der Waals surface area contributed by atoms with Crippen molar-refractivity contribution in [3.63, 3.8) is 0 Å². The Morgan fingerprint density at radius 3 is 2.40 bits per heavy atom. The van der Waals surface area contributed by atoms with Crippen molar-refractivity contribution in [1.29, 1.82) is 0 Å². The van der Waals surface area contributed by atoms with Crippen molar-refractivity contribution < 1.29 is 4.74 Å². The topological polar surface area (TPSA) is 13.6 Å². The number of methoxy groups -OCH3 is 1. The van der Waals surface area contributed by atoms with Gasteiger partial charge in [-0.2, -0.15) is 0 Å². The van der Waals surface area contributed by atoms with Gasteiger partial charge in [-0.05, 0) is 0 Å². The molecular weight excluding hydrogens is 126 g/mol. The third-order valence-corrected chi connectivity index (χ3v) is 0.832. The van der Waals surface area contributed by atoms with Crippen molar-refractivity contribution in [2.75, 3.05) is 13.7 Å². The lowest BCUT2D eigenvalue weighted by Crippen LogP contribution is -2.05. The molecule has 0 aliphatic heterocycles. The highest BCUT2D eigenvalue weighted by Crippen LogP contribution is 2.05. The third-order valence-electron chi connectivity index (χ3n) is 0.832. The summed E-state index contributed by atoms with van der Waals surface area (Å²) in [5.41, 5.74) is 0.00768. The molecule has 2 heteroatoms. The average Bonchev–Trinajstić information content (AvgIpc) is 1.78. The number of hydrogen-bond donors (Lipinski definition) is 0. The van der Waals surface area contributed by atoms with Crippen molar-refractivity contribution in [3.05, 3.63) is 4.85 Å². The molecule has 0 radical (unpaired) electrons. The van der Waals surface area contributed by atoms with Crippen LogP contribution in [-0.2, 0) is 4.74 Å². The molecule has 0 heterocycles. The first-order valence-electron chi connectivity index (χ1n) is 3.50. The van der Waals surface area contributed by atoms with Gasteiger partial charge in [0.15, 0.2) is 0 Å². The molecule has 0 aromatic carbocycles. The van der Waals surface area contributed by atoms with Gasteiger partial charge in [0.1, 0.15) is 6.42 Å². The first-order valence-corrected chi connectivity index (χ1v) is 3.50. The van der Waals surface area contributed by atoms with Crippen LogP contribution >= 0.6 is 0 Å². The monoisotopic (exact) mass is 142 g/mol. The zero-order valence-electron chi connectivity index (χ0n) is 7.27. The predicted octanol–water partition coefficient (Wildman–Crippen LogP) is 2.15. The van der Waals surface area contributed by atoms with Gasteiger partial charge in [0, 0.05) is 27.9 Å². The third kappa shape index (κ3) is 7.45. The SMILES string of the molecule is COCCC#[N+]C(C)(C)C. The van der Waals surface area contributed by atoms with E-state index in [9.17, 15) is 0 Å². The molecule has 10 heavy (non-hydrogen) atoms. The summed E-state index contributed by atoms with van der Waals surface area (Å²) < 4.78 is 4.83. The summed E-state index contributed by atoms with van der Waals surface area (Å²) in [4.78, 5) is 4.16. The van der Waals surface area contributed by atoms with E-state index in [-0.39, 0.29) is 5.54 Å². The minimum Gasteiger partial charge on any atom is -0.383 e. The molecule has 58 valence electrons. The standard InChI is InChI=1S/C8H16NO/c1-8(2,3)9-6-5-7-10-4/h5,7H2,1-4H3/q+1. The molecule has 0 aliphatic carbocycles. The zero-order valence-corrected chi connectivity index (χ0v) is 7.27. The summed E-state index contributed by atoms with van der Waals surface area (Å²) in [5, 5.41) is 0. The molecule has 0 saturated carbocycles. The maximum absolute atomic E-state index is 4.83. The van der Waals surface area contributed by atoms with E-state index in [4.69, 9.17) is 4.74 Å². The van der Waals surface area contributed by atoms with Crippen LogP contribution in [0.25, 0.3) is 4.85 Å². The largest absolute Gasteiger partial charge is 0.383 e. The Hall–Kier alpha value is -0.550. The number of nitrogens with zero attached hydrogens (tertiary/aromatic N) is 1. The minimum atomic E-state index is 0.00768. The summed E-state index contributed by atoms with van der Waals surface area (Å²) in [6, 6.07) is 2.93. The Morgan fingerprint density at radius 1 is 1.40 bits per heavy atom. The van der Waals surface area contributed by atoms with E-state index < -0.39 is 0 Å². The second-order valence-corrected chi connectivity index (χ2v) is 3.18. The van der Waals surface area contributed by atoms with E-state index in [1.807, 2.05) is 20.8 Å². The van der Waals surface area contributed by atoms with Gasteiger partial charge < -0.3 is 4.74 Å². The van der Waals surface area contributed by atoms with E-state index in [2.05, 4.69) is 10.9 Å². The number of hydrogen-bond acceptors (Lipinski definition) is 1. The maximum Gasteiger partial charge on any atom is 0.276 e. The maximum atomic E-state index is 4.83. The molecule has 0 rings (SSSR count). The summed E-state index contributed by atoms with van der Waals surface area (Å²) in [5.74, 6) is 0. The first kappa shape index (κ1) is 9.45. The molecule has 0 amide bonds. The van der Waals surface area contributed by atoms with Crippen molar-refractivity contribution >= 4 is 0 Å². The fourth-order valence-corrected chi connectivity index (χ4v) is 0.441. The van der Waals surface area contributed by atoms with Gasteiger partial charge in [0.05, 0.1) is 6.61 Å². The lowest BCUT2D eigenvalue weighted by Gasteiger charge is -1.92. The van der Waals surface area contributed by atoms with E-state index >= 15 is 0 Å². The Bertz CT molecular complexity index is 136. The van der Waals surface area contributed by atoms with Crippen molar-refractivity contribution in [1.82, 2.24) is 0 Å². The second kappa shape index (κ2) is 4.29. The molecule has 0 spiro atoms. The van der Waals surface area contributed by atoms with Gasteiger partial charge in [-0.3, -0.25) is 0 Å². The van der Waals surface area contributed by atoms with Crippen LogP contribution in [0.3, 0.4) is 0 Å². The van der Waals surface area contributed by atoms with Crippen LogP contribution < -0.4 is 0 Å². The number of ether oxygens (including phenoxy) is 1. The van der Waals surface area contributed by atoms with E-state index in [1.165, 1.54) is 0 Å². The van der Waals surface area contributed by atoms with E-state index in [0.717, 1.165) is 6.42 Å². The molecule has 0 aromatic rings. The van der Waals surface area contributed by atoms with Gasteiger partial charge in [-0.25, -0.2) is 0 Å². The van der Waals surface area contributed by atoms with Gasteiger partial charge in [0.25, 0.3) is 11.6 Å². The highest BCUT2D eigenvalue weighted by atomic mass is 16.5. The fraction of sp³-hybridized carbons (Fsp3) is 0.875. The Balaban J connectivity index is 3.50. The Morgan fingerprint density at radius 2 is 2.00 bits per heavy atom. The van der Waals surface area contributed by atoms with Crippen molar-refractivity contribution in [2.24, 2.45) is 0 Å². The fourth-order valence-electron chi connectivity index (χ4n) is 0.441. The smallest absolute Gasteiger partial charge is 0.276 e. The van der Waals surface area contributed by atoms with Gasteiger partial charge >= 0.3 is 0 Å². The van der Waals surface area contributed by atoms with Gasteiger partial charge in [-0.1, -0.05) is 4.85 Å². The Labute approximate surface area is 63.0 Å². The van der Waals surface area contributed by atoms with Crippen molar-refractivity contribution in [2.45, 2.75) is 32.7 Å². The highest BCUT2D eigenvalue weighted by Gasteiger charge is 2.17. The molecule has 0 unspecified atom stereocenters. The number of rotatable bonds is 2. The minimum absolute atomic E-state index is 0.00768. The van der Waals surface area contributed by atoms with Gasteiger partial charge in [-0.15, -0.1) is 0 Å². The molecule has 0 N–H and O–H groups in total. The van der Waals surface area contributed by atoms with Gasteiger partial charge in [0.2, 0.25) is 0 Å². The van der Waals surface area contributed by atoms with Crippen LogP contribution in [-0.4, -0.2) is 19.3 Å². The normalized spacial score (nSPS) is 10.4. The Kier molecular flexibility index (Phi) is 4.06. The predicted molar refractivity (Wildman–Crippen MR) is 43.5 cm³/mol. The second-order valence-electron chi connectivity index (χ2n) is 3.18. The molecule has 0 atom stereocenters. The lowest BCUT2D eigenvalue weighted by atomic mass is 10.1. The van der Waals surface area contributed by atoms with E-state index in [0.29, 0.717) is 6.61 Å².